The van der Waals surface area contributed by atoms with E-state index in [1.165, 1.54) is 0 Å². The highest BCUT2D eigenvalue weighted by atomic mass is 16.3. The fourth-order valence-electron chi connectivity index (χ4n) is 17.6. The molecule has 111 heavy (non-hydrogen) atoms. The van der Waals surface area contributed by atoms with Gasteiger partial charge in [-0.15, -0.1) is 0 Å². The molecule has 0 fully saturated rings. The summed E-state index contributed by atoms with van der Waals surface area (Å²) in [4.78, 5) is 0. The zero-order chi connectivity index (χ0) is 81.7. The van der Waals surface area contributed by atoms with E-state index < -0.39 is 12.1 Å². The van der Waals surface area contributed by atoms with Crippen molar-refractivity contribution in [3.05, 3.63) is 400 Å². The molecule has 23 rings (SSSR count). The van der Waals surface area contributed by atoms with Crippen LogP contribution in [0.25, 0.3) is 231 Å². The topological polar surface area (TPSA) is 39.4 Å². The Labute approximate surface area is 654 Å². The van der Waals surface area contributed by atoms with Crippen LogP contribution in [0.4, 0.5) is 0 Å². The standard InChI is InChI=1S/C54H32O2.C54H34O/c1-2-15-33(16-3-1)50-38-20-6-8-22-40(38)52(41-23-9-7-21-39(41)50)46-32-35(31-34-17-4-5-18-36(34)46)51-42(29-30-49-53(51)45-24-11-13-28-48(45)55-49)44-26-14-25-43-37-19-10-12-27-47(37)56-54(43)44;1-3-16-35(17-4-1)37-21-15-22-39(32-37)42-30-31-50-54(47-28-13-14-29-49(47)55-50)52(42)40-33-38-20-7-8-23-41(38)48(34-40)53-45-26-11-9-24-43(45)51(36-18-5-2-6-19-36)44-25-10-12-27-46(44)53/h1-32H;1-34H/i1D,2D,3D,15D,16D;2D,5D,6D,18D,19D. The van der Waals surface area contributed by atoms with E-state index in [1.54, 1.807) is 0 Å². The average molecular weight is 1420 g/mol. The van der Waals surface area contributed by atoms with Gasteiger partial charge in [0.2, 0.25) is 0 Å². The molecule has 0 aliphatic heterocycles. The number of benzene rings is 20. The van der Waals surface area contributed by atoms with Crippen LogP contribution in [0.5, 0.6) is 0 Å². The molecular formula is C108H66O3. The lowest BCUT2D eigenvalue weighted by Gasteiger charge is -2.20. The van der Waals surface area contributed by atoms with Crippen LogP contribution in [-0.4, -0.2) is 0 Å². The highest BCUT2D eigenvalue weighted by Crippen LogP contribution is 2.53. The maximum Gasteiger partial charge on any atom is 0.143 e. The van der Waals surface area contributed by atoms with Crippen LogP contribution in [0.1, 0.15) is 13.7 Å². The first kappa shape index (κ1) is 54.0. The highest BCUT2D eigenvalue weighted by molar-refractivity contribution is 6.28. The van der Waals surface area contributed by atoms with Crippen LogP contribution in [0.15, 0.2) is 413 Å². The molecule has 0 radical (unpaired) electrons. The van der Waals surface area contributed by atoms with Crippen LogP contribution in [0, 0.1) is 0 Å². The predicted octanol–water partition coefficient (Wildman–Crippen LogP) is 31.0. The maximum atomic E-state index is 9.07. The first-order valence-corrected chi connectivity index (χ1v) is 37.3. The summed E-state index contributed by atoms with van der Waals surface area (Å²) in [7, 11) is 0. The van der Waals surface area contributed by atoms with Gasteiger partial charge in [-0.1, -0.05) is 333 Å². The van der Waals surface area contributed by atoms with E-state index in [9.17, 15) is 0 Å². The van der Waals surface area contributed by atoms with E-state index in [1.807, 2.05) is 121 Å². The summed E-state index contributed by atoms with van der Waals surface area (Å²) in [6, 6.07) is 114. The van der Waals surface area contributed by atoms with E-state index in [4.69, 9.17) is 27.0 Å². The van der Waals surface area contributed by atoms with Gasteiger partial charge < -0.3 is 13.3 Å². The van der Waals surface area contributed by atoms with Gasteiger partial charge in [0.15, 0.2) is 0 Å². The Hall–Kier alpha value is -14.6. The molecule has 0 aliphatic rings. The Balaban J connectivity index is 0.000000145. The van der Waals surface area contributed by atoms with E-state index in [2.05, 4.69) is 218 Å². The zero-order valence-corrected chi connectivity index (χ0v) is 59.6. The van der Waals surface area contributed by atoms with Gasteiger partial charge in [-0.25, -0.2) is 0 Å². The number of furan rings is 3. The molecule has 20 aromatic carbocycles. The minimum Gasteiger partial charge on any atom is -0.456 e. The quantitative estimate of drug-likeness (QED) is 0.135. The summed E-state index contributed by atoms with van der Waals surface area (Å²) in [5.41, 5.74) is 21.1. The third kappa shape index (κ3) is 10.4. The third-order valence-corrected chi connectivity index (χ3v) is 22.3. The molecule has 3 heterocycles. The average Bonchev–Trinajstić information content (AvgIpc) is 1.05. The van der Waals surface area contributed by atoms with Crippen molar-refractivity contribution in [1.82, 2.24) is 0 Å². The molecule has 0 N–H and O–H groups in total. The van der Waals surface area contributed by atoms with Crippen molar-refractivity contribution in [2.45, 2.75) is 0 Å². The summed E-state index contributed by atoms with van der Waals surface area (Å²) >= 11 is 0. The molecule has 3 nitrogen and oxygen atoms in total. The van der Waals surface area contributed by atoms with E-state index >= 15 is 0 Å². The fraction of sp³-hybridized carbons (Fsp3) is 0. The van der Waals surface area contributed by atoms with Gasteiger partial charge in [-0.05, 0) is 215 Å². The molecule has 0 unspecified atom stereocenters. The molecule has 3 aromatic heterocycles. The van der Waals surface area contributed by atoms with Gasteiger partial charge in [0.25, 0.3) is 0 Å². The van der Waals surface area contributed by atoms with E-state index in [0.29, 0.717) is 11.1 Å². The molecule has 3 heteroatoms. The van der Waals surface area contributed by atoms with Gasteiger partial charge in [0.05, 0.1) is 13.7 Å². The summed E-state index contributed by atoms with van der Waals surface area (Å²) in [5.74, 6) is 0. The fourth-order valence-corrected chi connectivity index (χ4v) is 17.6. The SMILES string of the molecule is [2H]c1c([2H])c([2H])c(-c2c3ccccc3c(-c3cc(-c4c(-c5cccc(-c6ccccc6)c5)ccc5oc6ccccc6c45)cc4ccccc34)c3ccccc23)c([2H])c1[2H].[2H]c1c([2H])c([2H])c(-c2c3ccccc3c(-c3cc(-c4c(-c5cccc6c5oc5ccccc56)ccc5oc6ccccc6c45)cc4ccccc34)c3ccccc23)c([2H])c1[2H]. The molecule has 23 aromatic rings. The number of hydrogen-bond acceptors (Lipinski definition) is 3. The van der Waals surface area contributed by atoms with Crippen molar-refractivity contribution in [3.63, 3.8) is 0 Å². The van der Waals surface area contributed by atoms with Crippen LogP contribution >= 0.6 is 0 Å². The first-order valence-electron chi connectivity index (χ1n) is 42.3. The van der Waals surface area contributed by atoms with Crippen LogP contribution in [0.3, 0.4) is 0 Å². The Morgan fingerprint density at radius 2 is 0.532 bits per heavy atom. The van der Waals surface area contributed by atoms with Crippen molar-refractivity contribution in [1.29, 1.82) is 0 Å². The maximum absolute atomic E-state index is 9.07. The minimum absolute atomic E-state index is 0.187. The predicted molar refractivity (Wildman–Crippen MR) is 469 cm³/mol. The highest BCUT2D eigenvalue weighted by Gasteiger charge is 2.27. The van der Waals surface area contributed by atoms with Crippen molar-refractivity contribution in [3.8, 4) is 100 Å². The largest absolute Gasteiger partial charge is 0.456 e. The zero-order valence-electron chi connectivity index (χ0n) is 69.6. The van der Waals surface area contributed by atoms with Gasteiger partial charge in [-0.3, -0.25) is 0 Å². The second kappa shape index (κ2) is 26.1. The molecule has 0 spiro atoms. The van der Waals surface area contributed by atoms with Crippen LogP contribution < -0.4 is 0 Å². The summed E-state index contributed by atoms with van der Waals surface area (Å²) < 4.78 is 107. The third-order valence-electron chi connectivity index (χ3n) is 22.3. The lowest BCUT2D eigenvalue weighted by molar-refractivity contribution is 0.668. The van der Waals surface area contributed by atoms with E-state index in [0.717, 1.165) is 208 Å². The molecule has 0 atom stereocenters. The van der Waals surface area contributed by atoms with Crippen LogP contribution in [0.2, 0.25) is 0 Å². The lowest BCUT2D eigenvalue weighted by atomic mass is 9.82. The summed E-state index contributed by atoms with van der Waals surface area (Å²) in [5, 5.41) is 17.3. The van der Waals surface area contributed by atoms with Crippen LogP contribution in [-0.2, 0) is 0 Å². The lowest BCUT2D eigenvalue weighted by Crippen LogP contribution is -1.93. The first-order chi connectivity index (χ1) is 59.2. The number of rotatable bonds is 9. The molecule has 0 bridgehead atoms. The molecule has 0 amide bonds. The van der Waals surface area contributed by atoms with Crippen molar-refractivity contribution in [2.24, 2.45) is 0 Å². The number of hydrogen-bond donors (Lipinski definition) is 0. The summed E-state index contributed by atoms with van der Waals surface area (Å²) in [6.45, 7) is 0. The van der Waals surface area contributed by atoms with Gasteiger partial charge in [0, 0.05) is 49.0 Å². The Morgan fingerprint density at radius 1 is 0.171 bits per heavy atom. The molecular weight excluding hydrogens is 1350 g/mol. The van der Waals surface area contributed by atoms with Gasteiger partial charge >= 0.3 is 0 Å². The van der Waals surface area contributed by atoms with Crippen molar-refractivity contribution < 1.29 is 27.0 Å². The molecule has 516 valence electrons. The monoisotopic (exact) mass is 1420 g/mol. The molecule has 0 aliphatic carbocycles. The van der Waals surface area contributed by atoms with Crippen molar-refractivity contribution in [2.75, 3.05) is 0 Å². The van der Waals surface area contributed by atoms with Crippen molar-refractivity contribution >= 4 is 130 Å². The normalized spacial score (nSPS) is 13.0. The second-order valence-electron chi connectivity index (χ2n) is 28.3. The molecule has 0 saturated heterocycles. The summed E-state index contributed by atoms with van der Waals surface area (Å²) in [6.07, 6.45) is 0. The minimum atomic E-state index is -0.413. The number of fused-ring (bicyclic) bond motifs is 15. The van der Waals surface area contributed by atoms with Gasteiger partial charge in [0.1, 0.15) is 33.5 Å². The molecule has 0 saturated carbocycles. The Kier molecular flexibility index (Phi) is 12.7. The smallest absolute Gasteiger partial charge is 0.143 e. The second-order valence-corrected chi connectivity index (χ2v) is 28.3. The van der Waals surface area contributed by atoms with Gasteiger partial charge in [-0.2, -0.15) is 0 Å². The Bertz CT molecular complexity index is 8190. The Morgan fingerprint density at radius 3 is 1.02 bits per heavy atom. The van der Waals surface area contributed by atoms with E-state index in [-0.39, 0.29) is 59.5 Å². The number of para-hydroxylation sites is 4.